The minimum atomic E-state index is -1.79. The number of hydrogen-bond donors (Lipinski definition) is 6. The smallest absolute Gasteiger partial charge is 0.352 e. The zero-order valence-electron chi connectivity index (χ0n) is 23.2. The second kappa shape index (κ2) is 12.0. The molecule has 0 aromatic carbocycles. The number of Topliss-reactive ketones (excluding diaryl/α,β-unsaturated/α-hetero) is 1. The van der Waals surface area contributed by atoms with Gasteiger partial charge in [0.05, 0.1) is 6.04 Å². The molecule has 5 heterocycles. The van der Waals surface area contributed by atoms with Crippen LogP contribution in [0.5, 0.6) is 0 Å². The van der Waals surface area contributed by atoms with Crippen molar-refractivity contribution in [3.8, 4) is 0 Å². The molecule has 5 rings (SSSR count). The van der Waals surface area contributed by atoms with Gasteiger partial charge in [0.1, 0.15) is 17.1 Å². The molecule has 0 bridgehead atoms. The maximum Gasteiger partial charge on any atom is 0.352 e. The van der Waals surface area contributed by atoms with Gasteiger partial charge in [-0.05, 0) is 38.8 Å². The van der Waals surface area contributed by atoms with Crippen LogP contribution in [0, 0.1) is 5.92 Å². The third-order valence-corrected chi connectivity index (χ3v) is 9.31. The molecule has 0 saturated carbocycles. The lowest BCUT2D eigenvalue weighted by atomic mass is 9.95. The molecule has 2 amide bonds. The number of carbonyl (C=O) groups is 5. The average Bonchev–Trinajstić information content (AvgIpc) is 3.74. The summed E-state index contributed by atoms with van der Waals surface area (Å²) in [6, 6.07) is -1.44. The molecule has 230 valence electrons. The molecule has 0 spiro atoms. The van der Waals surface area contributed by atoms with Crippen LogP contribution in [0.15, 0.2) is 28.1 Å². The van der Waals surface area contributed by atoms with E-state index in [0.29, 0.717) is 25.1 Å². The van der Waals surface area contributed by atoms with Gasteiger partial charge in [-0.1, -0.05) is 16.8 Å². The van der Waals surface area contributed by atoms with Gasteiger partial charge < -0.3 is 36.7 Å². The predicted molar refractivity (Wildman–Crippen MR) is 154 cm³/mol. The van der Waals surface area contributed by atoms with Gasteiger partial charge in [-0.25, -0.2) is 9.59 Å². The summed E-state index contributed by atoms with van der Waals surface area (Å²) in [7, 11) is 0. The van der Waals surface area contributed by atoms with Crippen LogP contribution in [0.4, 0.5) is 5.13 Å². The SMILES string of the molecule is CC(C)(O/N=C(\C(=O)N[C@@H]1C(=O)N2C(C(=O)O)=C(/C=C3\CNC(C(=O)C4CCNC4)C3)CS[C@H]12)c1nsc(N)n1)C(=O)O. The monoisotopic (exact) mass is 634 g/mol. The lowest BCUT2D eigenvalue weighted by molar-refractivity contribution is -0.161. The quantitative estimate of drug-likeness (QED) is 0.102. The maximum atomic E-state index is 13.2. The third kappa shape index (κ3) is 6.13. The van der Waals surface area contributed by atoms with E-state index in [1.807, 2.05) is 0 Å². The summed E-state index contributed by atoms with van der Waals surface area (Å²) in [4.78, 5) is 73.1. The number of nitrogens with two attached hydrogens (primary N) is 1. The first-order chi connectivity index (χ1) is 20.4. The van der Waals surface area contributed by atoms with Gasteiger partial charge in [0.15, 0.2) is 10.9 Å². The molecule has 4 aliphatic heterocycles. The number of amides is 2. The zero-order chi connectivity index (χ0) is 31.1. The van der Waals surface area contributed by atoms with Crippen LogP contribution < -0.4 is 21.7 Å². The first-order valence-electron chi connectivity index (χ1n) is 13.4. The Morgan fingerprint density at radius 1 is 1.28 bits per heavy atom. The van der Waals surface area contributed by atoms with Crippen LogP contribution >= 0.6 is 23.3 Å². The number of carboxylic acid groups (broad SMARTS) is 2. The molecular formula is C25H30N8O8S2. The summed E-state index contributed by atoms with van der Waals surface area (Å²) in [5.74, 6) is -4.09. The van der Waals surface area contributed by atoms with Crippen LogP contribution in [-0.4, -0.2) is 108 Å². The van der Waals surface area contributed by atoms with Gasteiger partial charge >= 0.3 is 11.9 Å². The molecule has 16 nitrogen and oxygen atoms in total. The van der Waals surface area contributed by atoms with Gasteiger partial charge in [0, 0.05) is 36.3 Å². The number of β-lactam (4-membered cyclic amide) rings is 1. The van der Waals surface area contributed by atoms with Crippen molar-refractivity contribution < 1.29 is 39.0 Å². The van der Waals surface area contributed by atoms with Crippen molar-refractivity contribution in [1.29, 1.82) is 0 Å². The Hall–Kier alpha value is -3.87. The van der Waals surface area contributed by atoms with Crippen LogP contribution in [-0.2, 0) is 28.8 Å². The number of carbonyl (C=O) groups excluding carboxylic acids is 3. The van der Waals surface area contributed by atoms with Crippen molar-refractivity contribution in [2.75, 3.05) is 31.1 Å². The number of hydrogen-bond acceptors (Lipinski definition) is 14. The summed E-state index contributed by atoms with van der Waals surface area (Å²) < 4.78 is 3.93. The van der Waals surface area contributed by atoms with E-state index in [-0.39, 0.29) is 40.1 Å². The Balaban J connectivity index is 1.31. The van der Waals surface area contributed by atoms with Crippen molar-refractivity contribution >= 4 is 63.7 Å². The Morgan fingerprint density at radius 2 is 2.05 bits per heavy atom. The van der Waals surface area contributed by atoms with Gasteiger partial charge in [-0.15, -0.1) is 11.8 Å². The first kappa shape index (κ1) is 30.6. The molecule has 7 N–H and O–H groups in total. The van der Waals surface area contributed by atoms with Crippen LogP contribution in [0.25, 0.3) is 0 Å². The number of aromatic nitrogens is 2. The molecule has 18 heteroatoms. The molecular weight excluding hydrogens is 604 g/mol. The summed E-state index contributed by atoms with van der Waals surface area (Å²) >= 11 is 2.04. The molecule has 4 aliphatic rings. The molecule has 0 aliphatic carbocycles. The number of oxime groups is 1. The van der Waals surface area contributed by atoms with E-state index in [0.717, 1.165) is 35.0 Å². The molecule has 3 fully saturated rings. The lowest BCUT2D eigenvalue weighted by Crippen LogP contribution is -2.71. The Kier molecular flexibility index (Phi) is 8.55. The lowest BCUT2D eigenvalue weighted by Gasteiger charge is -2.49. The normalized spacial score (nSPS) is 26.7. The topological polar surface area (TPSA) is 239 Å². The number of carboxylic acids is 2. The van der Waals surface area contributed by atoms with Crippen molar-refractivity contribution in [3.63, 3.8) is 0 Å². The molecule has 1 aromatic rings. The number of nitrogens with one attached hydrogen (secondary N) is 3. The number of nitrogens with zero attached hydrogens (tertiary/aromatic N) is 4. The number of anilines is 1. The van der Waals surface area contributed by atoms with Crippen LogP contribution in [0.1, 0.15) is 32.5 Å². The van der Waals surface area contributed by atoms with Gasteiger partial charge in [0.25, 0.3) is 11.8 Å². The fourth-order valence-electron chi connectivity index (χ4n) is 5.08. The van der Waals surface area contributed by atoms with E-state index in [1.165, 1.54) is 25.6 Å². The number of allylic oxidation sites excluding steroid dienone is 1. The third-order valence-electron chi connectivity index (χ3n) is 7.46. The van der Waals surface area contributed by atoms with E-state index >= 15 is 0 Å². The zero-order valence-corrected chi connectivity index (χ0v) is 24.8. The van der Waals surface area contributed by atoms with Crippen LogP contribution in [0.2, 0.25) is 0 Å². The number of fused-ring (bicyclic) bond motifs is 1. The van der Waals surface area contributed by atoms with Crippen molar-refractivity contribution in [1.82, 2.24) is 30.2 Å². The van der Waals surface area contributed by atoms with Gasteiger partial charge in [-0.2, -0.15) is 9.36 Å². The molecule has 0 radical (unpaired) electrons. The predicted octanol–water partition coefficient (Wildman–Crippen LogP) is -1.09. The highest BCUT2D eigenvalue weighted by molar-refractivity contribution is 8.00. The highest BCUT2D eigenvalue weighted by atomic mass is 32.2. The fourth-order valence-corrected chi connectivity index (χ4v) is 6.82. The van der Waals surface area contributed by atoms with Gasteiger partial charge in [-0.3, -0.25) is 19.3 Å². The first-order valence-corrected chi connectivity index (χ1v) is 15.2. The molecule has 2 unspecified atom stereocenters. The Labute approximate surface area is 253 Å². The Morgan fingerprint density at radius 3 is 2.67 bits per heavy atom. The van der Waals surface area contributed by atoms with Crippen molar-refractivity contribution in [3.05, 3.63) is 28.7 Å². The number of aliphatic carboxylic acids is 2. The summed E-state index contributed by atoms with van der Waals surface area (Å²) in [5.41, 5.74) is 4.46. The highest BCUT2D eigenvalue weighted by Gasteiger charge is 2.54. The number of ketones is 1. The maximum absolute atomic E-state index is 13.2. The van der Waals surface area contributed by atoms with E-state index in [9.17, 15) is 34.2 Å². The van der Waals surface area contributed by atoms with Gasteiger partial charge in [0.2, 0.25) is 17.1 Å². The summed E-state index contributed by atoms with van der Waals surface area (Å²) in [6.07, 6.45) is 3.00. The second-order valence-corrected chi connectivity index (χ2v) is 12.8. The molecule has 1 aromatic heterocycles. The fraction of sp³-hybridized carbons (Fsp3) is 0.520. The summed E-state index contributed by atoms with van der Waals surface area (Å²) in [5, 5.41) is 31.2. The van der Waals surface area contributed by atoms with E-state index in [2.05, 4.69) is 30.5 Å². The van der Waals surface area contributed by atoms with E-state index < -0.39 is 46.5 Å². The van der Waals surface area contributed by atoms with E-state index in [1.54, 1.807) is 6.08 Å². The Bertz CT molecular complexity index is 1460. The molecule has 4 atom stereocenters. The number of nitrogen functional groups attached to an aromatic ring is 1. The minimum Gasteiger partial charge on any atom is -0.478 e. The standard InChI is InChI=1S/C25H30N8O8S2/c1-25(2,23(39)40)41-31-14(18-30-24(26)43-32-18)19(35)29-15-20(36)33-16(22(37)38)12(9-42-21(15)33)5-10-6-13(28-7-10)17(34)11-3-4-27-8-11/h5,11,13,15,21,27-28H,3-4,6-9H2,1-2H3,(H,29,35)(H,37,38)(H,39,40)(H2,26,30,32)/b10-5-,31-14-/t11?,13?,15-,21-/m1/s1. The highest BCUT2D eigenvalue weighted by Crippen LogP contribution is 2.41. The minimum absolute atomic E-state index is 0.0170. The van der Waals surface area contributed by atoms with Crippen LogP contribution in [0.3, 0.4) is 0 Å². The largest absolute Gasteiger partial charge is 0.478 e. The van der Waals surface area contributed by atoms with Crippen molar-refractivity contribution in [2.24, 2.45) is 11.1 Å². The van der Waals surface area contributed by atoms with E-state index in [4.69, 9.17) is 10.6 Å². The molecule has 3 saturated heterocycles. The van der Waals surface area contributed by atoms with Crippen molar-refractivity contribution in [2.45, 2.75) is 49.7 Å². The second-order valence-electron chi connectivity index (χ2n) is 10.9. The number of rotatable bonds is 10. The number of thioether (sulfide) groups is 1. The summed E-state index contributed by atoms with van der Waals surface area (Å²) in [6.45, 7) is 4.36. The average molecular weight is 635 g/mol. The molecule has 43 heavy (non-hydrogen) atoms.